The molecule has 0 saturated heterocycles. The van der Waals surface area contributed by atoms with E-state index in [0.717, 1.165) is 19.3 Å². The van der Waals surface area contributed by atoms with Gasteiger partial charge in [0, 0.05) is 12.8 Å². The summed E-state index contributed by atoms with van der Waals surface area (Å²) in [6.07, 6.45) is 18.9. The Balaban J connectivity index is -0.00000392. The first kappa shape index (κ1) is 31.8. The van der Waals surface area contributed by atoms with Crippen molar-refractivity contribution in [3.63, 3.8) is 0 Å². The molecule has 0 heterocycles. The molecule has 7 heteroatoms. The number of aliphatic carboxylic acids is 1. The molecule has 0 radical (unpaired) electrons. The number of esters is 2. The minimum Gasteiger partial charge on any atom is -1.00 e. The van der Waals surface area contributed by atoms with Gasteiger partial charge in [-0.3, -0.25) is 14.4 Å². The van der Waals surface area contributed by atoms with E-state index in [4.69, 9.17) is 10.8 Å². The summed E-state index contributed by atoms with van der Waals surface area (Å²) < 4.78 is 4.67. The van der Waals surface area contributed by atoms with Gasteiger partial charge in [0.1, 0.15) is 6.04 Å². The average Bonchev–Trinajstić information content (AvgIpc) is 2.68. The van der Waals surface area contributed by atoms with Gasteiger partial charge in [0.15, 0.2) is 0 Å². The maximum atomic E-state index is 11.6. The van der Waals surface area contributed by atoms with Crippen LogP contribution in [0.3, 0.4) is 0 Å². The minimum absolute atomic E-state index is 0. The molecule has 0 bridgehead atoms. The standard InChI is InChI=1S/C23H43NO5.Na.H/c1-2-3-4-5-6-7-8-9-10-11-12-13-14-15-16-17-21(25)29-22(26)19-18-20(24)23(27)28;;/h20H,2-19,24H2,1H3,(H,27,28);;/q;+1;-1/t20-;;/m0../s1. The summed E-state index contributed by atoms with van der Waals surface area (Å²) in [5, 5.41) is 8.63. The van der Waals surface area contributed by atoms with Crippen molar-refractivity contribution in [1.82, 2.24) is 0 Å². The van der Waals surface area contributed by atoms with Gasteiger partial charge in [-0.2, -0.15) is 0 Å². The molecule has 0 aromatic rings. The van der Waals surface area contributed by atoms with Gasteiger partial charge in [-0.15, -0.1) is 0 Å². The molecule has 1 atom stereocenters. The Bertz CT molecular complexity index is 452. The van der Waals surface area contributed by atoms with Crippen molar-refractivity contribution in [2.24, 2.45) is 5.73 Å². The second kappa shape index (κ2) is 23.2. The zero-order valence-corrected chi connectivity index (χ0v) is 21.5. The maximum Gasteiger partial charge on any atom is 1.00 e. The van der Waals surface area contributed by atoms with Crippen LogP contribution < -0.4 is 35.3 Å². The molecule has 30 heavy (non-hydrogen) atoms. The fourth-order valence-corrected chi connectivity index (χ4v) is 3.27. The van der Waals surface area contributed by atoms with E-state index in [9.17, 15) is 14.4 Å². The number of carboxylic acids is 1. The van der Waals surface area contributed by atoms with Gasteiger partial charge in [0.05, 0.1) is 0 Å². The number of rotatable bonds is 20. The van der Waals surface area contributed by atoms with Gasteiger partial charge >= 0.3 is 47.5 Å². The van der Waals surface area contributed by atoms with E-state index < -0.39 is 23.9 Å². The van der Waals surface area contributed by atoms with Crippen LogP contribution in [0.4, 0.5) is 0 Å². The summed E-state index contributed by atoms with van der Waals surface area (Å²) >= 11 is 0. The summed E-state index contributed by atoms with van der Waals surface area (Å²) in [6.45, 7) is 2.25. The molecule has 0 aliphatic rings. The van der Waals surface area contributed by atoms with Crippen LogP contribution in [0.5, 0.6) is 0 Å². The summed E-state index contributed by atoms with van der Waals surface area (Å²) in [5.41, 5.74) is 5.30. The molecule has 0 spiro atoms. The third kappa shape index (κ3) is 22.3. The van der Waals surface area contributed by atoms with Crippen LogP contribution in [0.15, 0.2) is 0 Å². The van der Waals surface area contributed by atoms with E-state index in [1.165, 1.54) is 77.0 Å². The number of hydrogen-bond donors (Lipinski definition) is 2. The summed E-state index contributed by atoms with van der Waals surface area (Å²) in [7, 11) is 0. The monoisotopic (exact) mass is 437 g/mol. The fourth-order valence-electron chi connectivity index (χ4n) is 3.27. The van der Waals surface area contributed by atoms with Crippen molar-refractivity contribution in [2.75, 3.05) is 0 Å². The van der Waals surface area contributed by atoms with E-state index in [0.29, 0.717) is 0 Å². The van der Waals surface area contributed by atoms with Crippen molar-refractivity contribution in [3.8, 4) is 0 Å². The van der Waals surface area contributed by atoms with Crippen LogP contribution in [0.25, 0.3) is 0 Å². The van der Waals surface area contributed by atoms with Crippen LogP contribution in [0, 0.1) is 0 Å². The average molecular weight is 438 g/mol. The zero-order chi connectivity index (χ0) is 21.7. The molecule has 0 unspecified atom stereocenters. The number of ether oxygens (including phenoxy) is 1. The molecular formula is C23H44NNaO5. The molecular weight excluding hydrogens is 393 g/mol. The summed E-state index contributed by atoms with van der Waals surface area (Å²) in [6, 6.07) is -1.10. The first-order chi connectivity index (χ1) is 14.0. The second-order valence-electron chi connectivity index (χ2n) is 8.03. The first-order valence-electron chi connectivity index (χ1n) is 11.7. The normalized spacial score (nSPS) is 11.5. The smallest absolute Gasteiger partial charge is 1.00 e. The van der Waals surface area contributed by atoms with Gasteiger partial charge in [0.2, 0.25) is 0 Å². The fraction of sp³-hybridized carbons (Fsp3) is 0.870. The summed E-state index contributed by atoms with van der Waals surface area (Å²) in [4.78, 5) is 33.6. The number of carboxylic acid groups (broad SMARTS) is 1. The van der Waals surface area contributed by atoms with Gasteiger partial charge < -0.3 is 17.0 Å². The molecule has 172 valence electrons. The Hall–Kier alpha value is -0.430. The topological polar surface area (TPSA) is 107 Å². The molecule has 0 aromatic carbocycles. The Morgan fingerprint density at radius 1 is 0.733 bits per heavy atom. The largest absolute Gasteiger partial charge is 1.00 e. The SMILES string of the molecule is CCCCCCCCCCCCCCCCCC(=O)OC(=O)CC[C@H](N)C(=O)O.[H-].[Na+]. The Kier molecular flexibility index (Phi) is 24.6. The van der Waals surface area contributed by atoms with Crippen molar-refractivity contribution in [3.05, 3.63) is 0 Å². The van der Waals surface area contributed by atoms with Crippen molar-refractivity contribution >= 4 is 17.9 Å². The molecule has 0 aromatic heterocycles. The van der Waals surface area contributed by atoms with Gasteiger partial charge in [0.25, 0.3) is 0 Å². The predicted molar refractivity (Wildman–Crippen MR) is 117 cm³/mol. The van der Waals surface area contributed by atoms with Crippen molar-refractivity contribution < 1.29 is 55.2 Å². The third-order valence-corrected chi connectivity index (χ3v) is 5.19. The van der Waals surface area contributed by atoms with E-state index in [1.807, 2.05) is 0 Å². The zero-order valence-electron chi connectivity index (χ0n) is 20.5. The second-order valence-corrected chi connectivity index (χ2v) is 8.03. The van der Waals surface area contributed by atoms with Crippen LogP contribution >= 0.6 is 0 Å². The van der Waals surface area contributed by atoms with E-state index in [-0.39, 0.29) is 50.2 Å². The third-order valence-electron chi connectivity index (χ3n) is 5.19. The quantitative estimate of drug-likeness (QED) is 0.131. The first-order valence-corrected chi connectivity index (χ1v) is 11.7. The van der Waals surface area contributed by atoms with Gasteiger partial charge in [-0.05, 0) is 12.8 Å². The van der Waals surface area contributed by atoms with E-state index >= 15 is 0 Å². The molecule has 0 fully saturated rings. The van der Waals surface area contributed by atoms with Crippen LogP contribution in [0.2, 0.25) is 0 Å². The number of hydrogen-bond acceptors (Lipinski definition) is 5. The molecule has 0 aliphatic carbocycles. The molecule has 0 saturated carbocycles. The minimum atomic E-state index is -1.16. The van der Waals surface area contributed by atoms with Crippen LogP contribution in [-0.2, 0) is 19.1 Å². The van der Waals surface area contributed by atoms with Crippen LogP contribution in [-0.4, -0.2) is 29.1 Å². The molecule has 6 nitrogen and oxygen atoms in total. The van der Waals surface area contributed by atoms with Gasteiger partial charge in [-0.25, -0.2) is 0 Å². The predicted octanol–water partition coefficient (Wildman–Crippen LogP) is 2.63. The molecule has 0 rings (SSSR count). The van der Waals surface area contributed by atoms with E-state index in [2.05, 4.69) is 11.7 Å². The van der Waals surface area contributed by atoms with Crippen LogP contribution in [0.1, 0.15) is 124 Å². The Labute approximate surface area is 206 Å². The number of carbonyl (C=O) groups is 3. The van der Waals surface area contributed by atoms with E-state index in [1.54, 1.807) is 0 Å². The van der Waals surface area contributed by atoms with Gasteiger partial charge in [-0.1, -0.05) is 96.8 Å². The Morgan fingerprint density at radius 2 is 1.10 bits per heavy atom. The molecule has 0 amide bonds. The number of unbranched alkanes of at least 4 members (excludes halogenated alkanes) is 14. The van der Waals surface area contributed by atoms with Crippen molar-refractivity contribution in [1.29, 1.82) is 0 Å². The molecule has 3 N–H and O–H groups in total. The Morgan fingerprint density at radius 3 is 1.50 bits per heavy atom. The van der Waals surface area contributed by atoms with Crippen molar-refractivity contribution in [2.45, 2.75) is 129 Å². The summed E-state index contributed by atoms with van der Waals surface area (Å²) in [5.74, 6) is -2.40. The number of nitrogens with two attached hydrogens (primary N) is 1. The molecule has 0 aliphatic heterocycles. The maximum absolute atomic E-state index is 11.6. The number of carbonyl (C=O) groups excluding carboxylic acids is 2.